The Morgan fingerprint density at radius 2 is 2.57 bits per heavy atom. The summed E-state index contributed by atoms with van der Waals surface area (Å²) in [5, 5.41) is 0. The Morgan fingerprint density at radius 3 is 2.71 bits per heavy atom. The lowest BCUT2D eigenvalue weighted by Crippen LogP contribution is -1.95. The van der Waals surface area contributed by atoms with Crippen LogP contribution in [0.15, 0.2) is 0 Å². The molecular formula is C4H5ClO2. The molecule has 0 unspecified atom stereocenters. The molecule has 1 saturated heterocycles. The number of halogens is 1. The van der Waals surface area contributed by atoms with Crippen molar-refractivity contribution in [3.63, 3.8) is 0 Å². The second-order valence-electron chi connectivity index (χ2n) is 1.44. The SMILES string of the molecule is O=C1CC[C@@H](Cl)O1. The van der Waals surface area contributed by atoms with E-state index in [1.807, 2.05) is 0 Å². The molecule has 1 aliphatic rings. The fraction of sp³-hybridized carbons (Fsp3) is 0.750. The normalized spacial score (nSPS) is 30.4. The number of cyclic esters (lactones) is 1. The van der Waals surface area contributed by atoms with Crippen molar-refractivity contribution in [1.82, 2.24) is 0 Å². The van der Waals surface area contributed by atoms with Gasteiger partial charge in [0, 0.05) is 6.42 Å². The van der Waals surface area contributed by atoms with Crippen molar-refractivity contribution in [2.75, 3.05) is 0 Å². The molecule has 0 aromatic rings. The molecule has 1 rings (SSSR count). The molecule has 0 radical (unpaired) electrons. The van der Waals surface area contributed by atoms with E-state index in [9.17, 15) is 4.79 Å². The van der Waals surface area contributed by atoms with Gasteiger partial charge in [-0.05, 0) is 0 Å². The van der Waals surface area contributed by atoms with Gasteiger partial charge in [0.2, 0.25) is 0 Å². The summed E-state index contributed by atoms with van der Waals surface area (Å²) in [5.74, 6) is -0.181. The minimum atomic E-state index is -0.354. The van der Waals surface area contributed by atoms with Crippen molar-refractivity contribution in [3.05, 3.63) is 0 Å². The molecule has 0 spiro atoms. The summed E-state index contributed by atoms with van der Waals surface area (Å²) in [5.41, 5.74) is -0.354. The van der Waals surface area contributed by atoms with Crippen molar-refractivity contribution in [2.45, 2.75) is 18.4 Å². The van der Waals surface area contributed by atoms with Crippen LogP contribution in [0.3, 0.4) is 0 Å². The van der Waals surface area contributed by atoms with Gasteiger partial charge >= 0.3 is 5.97 Å². The zero-order chi connectivity index (χ0) is 5.28. The molecule has 1 fully saturated rings. The summed E-state index contributed by atoms with van der Waals surface area (Å²) in [6, 6.07) is 0. The van der Waals surface area contributed by atoms with E-state index in [0.717, 1.165) is 0 Å². The van der Waals surface area contributed by atoms with E-state index in [1.54, 1.807) is 0 Å². The van der Waals surface area contributed by atoms with Gasteiger partial charge in [-0.3, -0.25) is 4.79 Å². The van der Waals surface area contributed by atoms with Crippen molar-refractivity contribution in [2.24, 2.45) is 0 Å². The average molecular weight is 121 g/mol. The molecule has 1 aliphatic heterocycles. The van der Waals surface area contributed by atoms with Crippen molar-refractivity contribution >= 4 is 17.6 Å². The molecule has 0 aromatic heterocycles. The van der Waals surface area contributed by atoms with E-state index < -0.39 is 0 Å². The maximum absolute atomic E-state index is 10.1. The first kappa shape index (κ1) is 4.91. The first-order valence-corrected chi connectivity index (χ1v) is 2.56. The number of hydrogen-bond donors (Lipinski definition) is 0. The lowest BCUT2D eigenvalue weighted by Gasteiger charge is -1.92. The minimum absolute atomic E-state index is 0.181. The summed E-state index contributed by atoms with van der Waals surface area (Å²) >= 11 is 5.36. The molecule has 40 valence electrons. The van der Waals surface area contributed by atoms with Gasteiger partial charge in [0.05, 0.1) is 6.42 Å². The Balaban J connectivity index is 2.40. The van der Waals surface area contributed by atoms with Crippen LogP contribution >= 0.6 is 11.6 Å². The third kappa shape index (κ3) is 1.06. The van der Waals surface area contributed by atoms with Crippen LogP contribution in [-0.4, -0.2) is 11.5 Å². The van der Waals surface area contributed by atoms with E-state index in [1.165, 1.54) is 0 Å². The molecule has 0 amide bonds. The third-order valence-electron chi connectivity index (χ3n) is 0.835. The highest BCUT2D eigenvalue weighted by molar-refractivity contribution is 6.20. The first-order chi connectivity index (χ1) is 3.29. The van der Waals surface area contributed by atoms with Crippen LogP contribution in [0.5, 0.6) is 0 Å². The zero-order valence-electron chi connectivity index (χ0n) is 3.69. The number of hydrogen-bond acceptors (Lipinski definition) is 2. The highest BCUT2D eigenvalue weighted by Gasteiger charge is 2.19. The number of ether oxygens (including phenoxy) is 1. The number of carbonyl (C=O) groups excluding carboxylic acids is 1. The Morgan fingerprint density at radius 1 is 1.86 bits per heavy atom. The van der Waals surface area contributed by atoms with Gasteiger partial charge < -0.3 is 4.74 Å². The first-order valence-electron chi connectivity index (χ1n) is 2.12. The maximum atomic E-state index is 10.1. The van der Waals surface area contributed by atoms with Crippen LogP contribution < -0.4 is 0 Å². The molecule has 0 saturated carbocycles. The monoisotopic (exact) mass is 120 g/mol. The van der Waals surface area contributed by atoms with Crippen LogP contribution in [0.4, 0.5) is 0 Å². The fourth-order valence-electron chi connectivity index (χ4n) is 0.492. The van der Waals surface area contributed by atoms with Crippen LogP contribution in [0.25, 0.3) is 0 Å². The number of carbonyl (C=O) groups is 1. The average Bonchev–Trinajstić information content (AvgIpc) is 1.87. The molecule has 1 atom stereocenters. The van der Waals surface area contributed by atoms with E-state index >= 15 is 0 Å². The standard InChI is InChI=1S/C4H5ClO2/c5-3-1-2-4(6)7-3/h3H,1-2H2/t3-/m0/s1. The summed E-state index contributed by atoms with van der Waals surface area (Å²) in [4.78, 5) is 10.1. The molecule has 2 nitrogen and oxygen atoms in total. The Hall–Kier alpha value is -0.240. The summed E-state index contributed by atoms with van der Waals surface area (Å²) in [6.45, 7) is 0. The lowest BCUT2D eigenvalue weighted by atomic mass is 10.4. The van der Waals surface area contributed by atoms with Gasteiger partial charge in [0.1, 0.15) is 0 Å². The van der Waals surface area contributed by atoms with Crippen LogP contribution in [0.2, 0.25) is 0 Å². The second-order valence-corrected chi connectivity index (χ2v) is 1.93. The maximum Gasteiger partial charge on any atom is 0.307 e. The van der Waals surface area contributed by atoms with Crippen LogP contribution in [-0.2, 0) is 9.53 Å². The van der Waals surface area contributed by atoms with Crippen molar-refractivity contribution in [3.8, 4) is 0 Å². The predicted molar refractivity (Wildman–Crippen MR) is 25.0 cm³/mol. The van der Waals surface area contributed by atoms with Crippen LogP contribution in [0.1, 0.15) is 12.8 Å². The quantitative estimate of drug-likeness (QED) is 0.351. The summed E-state index contributed by atoms with van der Waals surface area (Å²) in [7, 11) is 0. The van der Waals surface area contributed by atoms with Gasteiger partial charge in [-0.1, -0.05) is 11.6 Å². The minimum Gasteiger partial charge on any atom is -0.446 e. The van der Waals surface area contributed by atoms with Gasteiger partial charge in [-0.25, -0.2) is 0 Å². The number of esters is 1. The van der Waals surface area contributed by atoms with E-state index in [2.05, 4.69) is 4.74 Å². The molecule has 3 heteroatoms. The smallest absolute Gasteiger partial charge is 0.307 e. The predicted octanol–water partition coefficient (Wildman–Crippen LogP) is 0.888. The van der Waals surface area contributed by atoms with Gasteiger partial charge in [-0.2, -0.15) is 0 Å². The second kappa shape index (κ2) is 1.70. The van der Waals surface area contributed by atoms with E-state index in [0.29, 0.717) is 12.8 Å². The highest BCUT2D eigenvalue weighted by Crippen LogP contribution is 2.15. The van der Waals surface area contributed by atoms with Crippen molar-refractivity contribution in [1.29, 1.82) is 0 Å². The molecular weight excluding hydrogens is 115 g/mol. The summed E-state index contributed by atoms with van der Waals surface area (Å²) in [6.07, 6.45) is 1.15. The van der Waals surface area contributed by atoms with E-state index in [-0.39, 0.29) is 11.5 Å². The molecule has 1 heterocycles. The molecule has 0 aromatic carbocycles. The highest BCUT2D eigenvalue weighted by atomic mass is 35.5. The Bertz CT molecular complexity index is 91.7. The van der Waals surface area contributed by atoms with Gasteiger partial charge in [0.15, 0.2) is 5.56 Å². The molecule has 0 N–H and O–H groups in total. The Labute approximate surface area is 46.4 Å². The zero-order valence-corrected chi connectivity index (χ0v) is 4.44. The third-order valence-corrected chi connectivity index (χ3v) is 1.14. The van der Waals surface area contributed by atoms with E-state index in [4.69, 9.17) is 11.6 Å². The van der Waals surface area contributed by atoms with Gasteiger partial charge in [0.25, 0.3) is 0 Å². The Kier molecular flexibility index (Phi) is 1.19. The summed E-state index contributed by atoms with van der Waals surface area (Å²) < 4.78 is 4.49. The molecule has 7 heavy (non-hydrogen) atoms. The number of alkyl halides is 1. The largest absolute Gasteiger partial charge is 0.446 e. The topological polar surface area (TPSA) is 26.3 Å². The molecule has 0 aliphatic carbocycles. The van der Waals surface area contributed by atoms with Crippen molar-refractivity contribution < 1.29 is 9.53 Å². The number of rotatable bonds is 0. The lowest BCUT2D eigenvalue weighted by molar-refractivity contribution is -0.139. The fourth-order valence-corrected chi connectivity index (χ4v) is 0.700. The van der Waals surface area contributed by atoms with Gasteiger partial charge in [-0.15, -0.1) is 0 Å². The van der Waals surface area contributed by atoms with Crippen LogP contribution in [0, 0.1) is 0 Å². The molecule has 0 bridgehead atoms.